The standard InChI is InChI=1S/C21H28N2O2/c1-16-10-11-19(14-17(16)2)18(3)22-21(24)15-23(4)12-13-25-20-8-6-5-7-9-20/h5-11,14,18H,12-13,15H2,1-4H3,(H,22,24)/t18-/m0/s1. The average Bonchev–Trinajstić information content (AvgIpc) is 2.58. The molecule has 2 rings (SSSR count). The number of carbonyl (C=O) groups excluding carboxylic acids is 1. The molecule has 0 heterocycles. The molecule has 0 unspecified atom stereocenters. The third-order valence-electron chi connectivity index (χ3n) is 4.31. The molecule has 2 aromatic carbocycles. The lowest BCUT2D eigenvalue weighted by molar-refractivity contribution is -0.122. The fraction of sp³-hybridized carbons (Fsp3) is 0.381. The number of aryl methyl sites for hydroxylation is 2. The quantitative estimate of drug-likeness (QED) is 0.800. The van der Waals surface area contributed by atoms with E-state index in [2.05, 4.69) is 37.4 Å². The minimum Gasteiger partial charge on any atom is -0.492 e. The Balaban J connectivity index is 1.74. The predicted octanol–water partition coefficient (Wildman–Crippen LogP) is 3.49. The molecule has 0 aromatic heterocycles. The van der Waals surface area contributed by atoms with Crippen LogP contribution in [0.5, 0.6) is 5.75 Å². The second-order valence-corrected chi connectivity index (χ2v) is 6.53. The van der Waals surface area contributed by atoms with Gasteiger partial charge in [-0.25, -0.2) is 0 Å². The van der Waals surface area contributed by atoms with Crippen molar-refractivity contribution in [1.29, 1.82) is 0 Å². The number of amides is 1. The van der Waals surface area contributed by atoms with Crippen LogP contribution in [-0.4, -0.2) is 37.6 Å². The SMILES string of the molecule is Cc1ccc([C@H](C)NC(=O)CN(C)CCOc2ccccc2)cc1C. The molecule has 0 aliphatic carbocycles. The summed E-state index contributed by atoms with van der Waals surface area (Å²) in [4.78, 5) is 14.2. The fourth-order valence-electron chi connectivity index (χ4n) is 2.56. The molecule has 0 spiro atoms. The first-order valence-electron chi connectivity index (χ1n) is 8.68. The van der Waals surface area contributed by atoms with Crippen LogP contribution in [0.1, 0.15) is 29.7 Å². The van der Waals surface area contributed by atoms with Gasteiger partial charge in [0.2, 0.25) is 5.91 Å². The Morgan fingerprint density at radius 1 is 1.12 bits per heavy atom. The van der Waals surface area contributed by atoms with Crippen molar-refractivity contribution >= 4 is 5.91 Å². The van der Waals surface area contributed by atoms with E-state index in [1.807, 2.05) is 49.2 Å². The smallest absolute Gasteiger partial charge is 0.234 e. The van der Waals surface area contributed by atoms with Crippen LogP contribution in [0.25, 0.3) is 0 Å². The van der Waals surface area contributed by atoms with Gasteiger partial charge in [-0.15, -0.1) is 0 Å². The van der Waals surface area contributed by atoms with E-state index in [4.69, 9.17) is 4.74 Å². The Bertz CT molecular complexity index is 686. The van der Waals surface area contributed by atoms with Crippen molar-refractivity contribution in [2.45, 2.75) is 26.8 Å². The van der Waals surface area contributed by atoms with Crippen molar-refractivity contribution in [2.75, 3.05) is 26.7 Å². The van der Waals surface area contributed by atoms with Crippen LogP contribution in [0.3, 0.4) is 0 Å². The summed E-state index contributed by atoms with van der Waals surface area (Å²) in [7, 11) is 1.93. The maximum Gasteiger partial charge on any atom is 0.234 e. The van der Waals surface area contributed by atoms with E-state index in [-0.39, 0.29) is 11.9 Å². The monoisotopic (exact) mass is 340 g/mol. The molecule has 1 N–H and O–H groups in total. The zero-order valence-electron chi connectivity index (χ0n) is 15.6. The van der Waals surface area contributed by atoms with Crippen molar-refractivity contribution in [2.24, 2.45) is 0 Å². The number of carbonyl (C=O) groups is 1. The largest absolute Gasteiger partial charge is 0.492 e. The molecule has 0 saturated heterocycles. The van der Waals surface area contributed by atoms with Gasteiger partial charge in [0.1, 0.15) is 12.4 Å². The maximum absolute atomic E-state index is 12.2. The first-order chi connectivity index (χ1) is 12.0. The normalized spacial score (nSPS) is 12.0. The Hall–Kier alpha value is -2.33. The highest BCUT2D eigenvalue weighted by atomic mass is 16.5. The molecule has 0 saturated carbocycles. The highest BCUT2D eigenvalue weighted by molar-refractivity contribution is 5.78. The van der Waals surface area contributed by atoms with Crippen LogP contribution in [0.15, 0.2) is 48.5 Å². The second kappa shape index (κ2) is 9.23. The summed E-state index contributed by atoms with van der Waals surface area (Å²) in [5.74, 6) is 0.872. The summed E-state index contributed by atoms with van der Waals surface area (Å²) in [5, 5.41) is 3.06. The van der Waals surface area contributed by atoms with Crippen molar-refractivity contribution < 1.29 is 9.53 Å². The van der Waals surface area contributed by atoms with Gasteiger partial charge >= 0.3 is 0 Å². The van der Waals surface area contributed by atoms with Crippen LogP contribution >= 0.6 is 0 Å². The molecular formula is C21H28N2O2. The molecule has 1 atom stereocenters. The van der Waals surface area contributed by atoms with Gasteiger partial charge in [0.05, 0.1) is 12.6 Å². The summed E-state index contributed by atoms with van der Waals surface area (Å²) < 4.78 is 5.66. The van der Waals surface area contributed by atoms with Gasteiger partial charge in [0, 0.05) is 6.54 Å². The molecule has 0 aliphatic heterocycles. The Morgan fingerprint density at radius 3 is 2.52 bits per heavy atom. The predicted molar refractivity (Wildman–Crippen MR) is 102 cm³/mol. The van der Waals surface area contributed by atoms with Crippen LogP contribution in [0.4, 0.5) is 0 Å². The molecule has 134 valence electrons. The van der Waals surface area contributed by atoms with Crippen LogP contribution < -0.4 is 10.1 Å². The number of nitrogens with one attached hydrogen (secondary N) is 1. The number of ether oxygens (including phenoxy) is 1. The van der Waals surface area contributed by atoms with E-state index in [1.165, 1.54) is 11.1 Å². The number of likely N-dealkylation sites (N-methyl/N-ethyl adjacent to an activating group) is 1. The highest BCUT2D eigenvalue weighted by Crippen LogP contribution is 2.16. The fourth-order valence-corrected chi connectivity index (χ4v) is 2.56. The highest BCUT2D eigenvalue weighted by Gasteiger charge is 2.12. The lowest BCUT2D eigenvalue weighted by Crippen LogP contribution is -2.38. The Kier molecular flexibility index (Phi) is 7.02. The van der Waals surface area contributed by atoms with Gasteiger partial charge in [0.15, 0.2) is 0 Å². The van der Waals surface area contributed by atoms with Gasteiger partial charge in [-0.2, -0.15) is 0 Å². The number of para-hydroxylation sites is 1. The molecule has 1 amide bonds. The Labute approximate surface area is 150 Å². The van der Waals surface area contributed by atoms with E-state index < -0.39 is 0 Å². The number of nitrogens with zero attached hydrogens (tertiary/aromatic N) is 1. The summed E-state index contributed by atoms with van der Waals surface area (Å²) in [5.41, 5.74) is 3.64. The van der Waals surface area contributed by atoms with Gasteiger partial charge < -0.3 is 10.1 Å². The lowest BCUT2D eigenvalue weighted by atomic mass is 10.0. The van der Waals surface area contributed by atoms with Crippen molar-refractivity contribution in [3.05, 3.63) is 65.2 Å². The summed E-state index contributed by atoms with van der Waals surface area (Å²) >= 11 is 0. The number of hydrogen-bond acceptors (Lipinski definition) is 3. The molecule has 0 aliphatic rings. The van der Waals surface area contributed by atoms with E-state index in [9.17, 15) is 4.79 Å². The number of hydrogen-bond donors (Lipinski definition) is 1. The zero-order valence-corrected chi connectivity index (χ0v) is 15.6. The molecule has 4 nitrogen and oxygen atoms in total. The molecule has 2 aromatic rings. The molecule has 0 bridgehead atoms. The lowest BCUT2D eigenvalue weighted by Gasteiger charge is -2.20. The van der Waals surface area contributed by atoms with Crippen molar-refractivity contribution in [1.82, 2.24) is 10.2 Å². The van der Waals surface area contributed by atoms with Crippen LogP contribution in [0.2, 0.25) is 0 Å². The van der Waals surface area contributed by atoms with Gasteiger partial charge in [-0.1, -0.05) is 36.4 Å². The molecule has 4 heteroatoms. The van der Waals surface area contributed by atoms with E-state index >= 15 is 0 Å². The third kappa shape index (κ3) is 6.24. The minimum atomic E-state index is 0.000712. The topological polar surface area (TPSA) is 41.6 Å². The van der Waals surface area contributed by atoms with Crippen LogP contribution in [-0.2, 0) is 4.79 Å². The molecule has 0 fully saturated rings. The number of benzene rings is 2. The summed E-state index contributed by atoms with van der Waals surface area (Å²) in [6.07, 6.45) is 0. The van der Waals surface area contributed by atoms with Crippen LogP contribution in [0, 0.1) is 13.8 Å². The van der Waals surface area contributed by atoms with E-state index in [0.717, 1.165) is 11.3 Å². The maximum atomic E-state index is 12.2. The first kappa shape index (κ1) is 19.0. The third-order valence-corrected chi connectivity index (χ3v) is 4.31. The molecular weight excluding hydrogens is 312 g/mol. The zero-order chi connectivity index (χ0) is 18.2. The first-order valence-corrected chi connectivity index (χ1v) is 8.68. The van der Waals surface area contributed by atoms with E-state index in [0.29, 0.717) is 19.7 Å². The van der Waals surface area contributed by atoms with E-state index in [1.54, 1.807) is 0 Å². The summed E-state index contributed by atoms with van der Waals surface area (Å²) in [6, 6.07) is 16.0. The summed E-state index contributed by atoms with van der Waals surface area (Å²) in [6.45, 7) is 7.80. The Morgan fingerprint density at radius 2 is 1.84 bits per heavy atom. The second-order valence-electron chi connectivity index (χ2n) is 6.53. The van der Waals surface area contributed by atoms with Crippen molar-refractivity contribution in [3.63, 3.8) is 0 Å². The van der Waals surface area contributed by atoms with Crippen molar-refractivity contribution in [3.8, 4) is 5.75 Å². The van der Waals surface area contributed by atoms with Gasteiger partial charge in [-0.3, -0.25) is 9.69 Å². The minimum absolute atomic E-state index is 0.000712. The molecule has 0 radical (unpaired) electrons. The molecule has 25 heavy (non-hydrogen) atoms. The van der Waals surface area contributed by atoms with Gasteiger partial charge in [0.25, 0.3) is 0 Å². The average molecular weight is 340 g/mol. The van der Waals surface area contributed by atoms with Gasteiger partial charge in [-0.05, 0) is 56.6 Å². The number of rotatable bonds is 8.